The van der Waals surface area contributed by atoms with Crippen molar-refractivity contribution in [3.05, 3.63) is 69.8 Å². The summed E-state index contributed by atoms with van der Waals surface area (Å²) in [6, 6.07) is 12.0. The van der Waals surface area contributed by atoms with Gasteiger partial charge >= 0.3 is 5.97 Å². The van der Waals surface area contributed by atoms with E-state index in [1.54, 1.807) is 0 Å². The molecule has 2 rings (SSSR count). The topological polar surface area (TPSA) is 108 Å². The number of hydrogen-bond donors (Lipinski definition) is 1. The Morgan fingerprint density at radius 2 is 1.93 bits per heavy atom. The number of ether oxygens (including phenoxy) is 2. The average Bonchev–Trinajstić information content (AvgIpc) is 2.75. The van der Waals surface area contributed by atoms with Crippen molar-refractivity contribution in [2.45, 2.75) is 19.4 Å². The number of rotatable bonds is 11. The lowest BCUT2D eigenvalue weighted by molar-refractivity contribution is -0.384. The van der Waals surface area contributed by atoms with Gasteiger partial charge in [-0.25, -0.2) is 4.79 Å². The van der Waals surface area contributed by atoms with Gasteiger partial charge in [0, 0.05) is 17.7 Å². The van der Waals surface area contributed by atoms with Gasteiger partial charge in [-0.05, 0) is 43.0 Å². The minimum absolute atomic E-state index is 0.0373. The summed E-state index contributed by atoms with van der Waals surface area (Å²) in [5, 5.41) is 13.5. The van der Waals surface area contributed by atoms with Crippen molar-refractivity contribution in [1.29, 1.82) is 0 Å². The summed E-state index contributed by atoms with van der Waals surface area (Å²) in [4.78, 5) is 35.3. The van der Waals surface area contributed by atoms with Crippen molar-refractivity contribution in [1.82, 2.24) is 5.32 Å². The summed E-state index contributed by atoms with van der Waals surface area (Å²) in [6.07, 6.45) is 2.26. The minimum Gasteiger partial charge on any atom is -0.490 e. The predicted molar refractivity (Wildman–Crippen MR) is 115 cm³/mol. The predicted octanol–water partition coefficient (Wildman–Crippen LogP) is 3.38. The van der Waals surface area contributed by atoms with Gasteiger partial charge in [-0.2, -0.15) is 11.8 Å². The highest BCUT2D eigenvalue weighted by molar-refractivity contribution is 7.98. The number of benzene rings is 2. The van der Waals surface area contributed by atoms with Gasteiger partial charge in [0.2, 0.25) is 0 Å². The molecule has 2 aromatic carbocycles. The number of thioether (sulfide) groups is 1. The SMILES string of the molecule is CSCCC(NC(=O)c1cccc([N+](=O)[O-])c1)C(=O)OCCOc1ccccc1C. The zero-order valence-electron chi connectivity index (χ0n) is 16.8. The number of carbonyl (C=O) groups is 2. The Bertz CT molecular complexity index is 889. The van der Waals surface area contributed by atoms with E-state index in [4.69, 9.17) is 9.47 Å². The number of nitro groups is 1. The number of nitro benzene ring substituents is 1. The molecular weight excluding hydrogens is 408 g/mol. The molecule has 0 saturated carbocycles. The zero-order valence-corrected chi connectivity index (χ0v) is 17.6. The second-order valence-electron chi connectivity index (χ2n) is 6.40. The Hall–Kier alpha value is -3.07. The number of para-hydroxylation sites is 1. The van der Waals surface area contributed by atoms with Crippen LogP contribution in [0.5, 0.6) is 5.75 Å². The number of aryl methyl sites for hydroxylation is 1. The van der Waals surface area contributed by atoms with Crippen molar-refractivity contribution in [2.24, 2.45) is 0 Å². The highest BCUT2D eigenvalue weighted by Gasteiger charge is 2.23. The summed E-state index contributed by atoms with van der Waals surface area (Å²) in [7, 11) is 0. The van der Waals surface area contributed by atoms with E-state index >= 15 is 0 Å². The molecule has 0 bridgehead atoms. The lowest BCUT2D eigenvalue weighted by Gasteiger charge is -2.17. The lowest BCUT2D eigenvalue weighted by atomic mass is 10.1. The Morgan fingerprint density at radius 3 is 2.63 bits per heavy atom. The van der Waals surface area contributed by atoms with E-state index in [0.29, 0.717) is 17.9 Å². The van der Waals surface area contributed by atoms with Gasteiger partial charge in [-0.15, -0.1) is 0 Å². The summed E-state index contributed by atoms with van der Waals surface area (Å²) in [5.74, 6) is 0.204. The first-order valence-electron chi connectivity index (χ1n) is 9.31. The molecule has 2 aromatic rings. The summed E-state index contributed by atoms with van der Waals surface area (Å²) in [5.41, 5.74) is 0.888. The molecule has 1 unspecified atom stereocenters. The largest absolute Gasteiger partial charge is 0.490 e. The first-order chi connectivity index (χ1) is 14.4. The van der Waals surface area contributed by atoms with Crippen LogP contribution >= 0.6 is 11.8 Å². The standard InChI is InChI=1S/C21H24N2O6S/c1-15-6-3-4-9-19(15)28-11-12-29-21(25)18(10-13-30-2)22-20(24)16-7-5-8-17(14-16)23(26)27/h3-9,14,18H,10-13H2,1-2H3,(H,22,24). The minimum atomic E-state index is -0.859. The molecule has 1 amide bonds. The van der Waals surface area contributed by atoms with E-state index in [-0.39, 0.29) is 24.5 Å². The van der Waals surface area contributed by atoms with Gasteiger partial charge in [0.15, 0.2) is 0 Å². The van der Waals surface area contributed by atoms with Crippen LogP contribution in [0.15, 0.2) is 48.5 Å². The van der Waals surface area contributed by atoms with Crippen LogP contribution in [0.3, 0.4) is 0 Å². The van der Waals surface area contributed by atoms with Gasteiger partial charge in [0.25, 0.3) is 11.6 Å². The number of nitrogens with zero attached hydrogens (tertiary/aromatic N) is 1. The summed E-state index contributed by atoms with van der Waals surface area (Å²) >= 11 is 1.53. The van der Waals surface area contributed by atoms with Crippen LogP contribution in [-0.4, -0.2) is 48.1 Å². The Labute approximate surface area is 179 Å². The van der Waals surface area contributed by atoms with Gasteiger partial charge in [0.05, 0.1) is 4.92 Å². The number of esters is 1. The molecule has 1 N–H and O–H groups in total. The second kappa shape index (κ2) is 11.8. The van der Waals surface area contributed by atoms with Crippen LogP contribution < -0.4 is 10.1 Å². The van der Waals surface area contributed by atoms with Crippen molar-refractivity contribution < 1.29 is 24.0 Å². The number of non-ortho nitro benzene ring substituents is 1. The molecule has 0 heterocycles. The maximum Gasteiger partial charge on any atom is 0.328 e. The van der Waals surface area contributed by atoms with Crippen LogP contribution in [0.2, 0.25) is 0 Å². The Kier molecular flexibility index (Phi) is 9.14. The average molecular weight is 432 g/mol. The van der Waals surface area contributed by atoms with Crippen LogP contribution in [0, 0.1) is 17.0 Å². The summed E-state index contributed by atoms with van der Waals surface area (Å²) in [6.45, 7) is 2.14. The molecule has 0 radical (unpaired) electrons. The van der Waals surface area contributed by atoms with E-state index in [1.807, 2.05) is 37.4 Å². The van der Waals surface area contributed by atoms with E-state index in [0.717, 1.165) is 5.56 Å². The van der Waals surface area contributed by atoms with Crippen molar-refractivity contribution in [3.63, 3.8) is 0 Å². The third-order valence-electron chi connectivity index (χ3n) is 4.20. The molecule has 9 heteroatoms. The highest BCUT2D eigenvalue weighted by atomic mass is 32.2. The smallest absolute Gasteiger partial charge is 0.328 e. The molecule has 8 nitrogen and oxygen atoms in total. The van der Waals surface area contributed by atoms with Gasteiger partial charge in [-0.3, -0.25) is 14.9 Å². The van der Waals surface area contributed by atoms with Crippen LogP contribution in [0.4, 0.5) is 5.69 Å². The molecule has 0 aliphatic carbocycles. The van der Waals surface area contributed by atoms with E-state index < -0.39 is 22.8 Å². The molecule has 0 fully saturated rings. The zero-order chi connectivity index (χ0) is 21.9. The lowest BCUT2D eigenvalue weighted by Crippen LogP contribution is -2.42. The van der Waals surface area contributed by atoms with Crippen LogP contribution in [-0.2, 0) is 9.53 Å². The molecule has 0 aliphatic rings. The van der Waals surface area contributed by atoms with Crippen molar-refractivity contribution >= 4 is 29.3 Å². The highest BCUT2D eigenvalue weighted by Crippen LogP contribution is 2.16. The maximum atomic E-state index is 12.5. The Balaban J connectivity index is 1.92. The first kappa shape index (κ1) is 23.2. The van der Waals surface area contributed by atoms with Crippen molar-refractivity contribution in [3.8, 4) is 5.75 Å². The molecule has 0 spiro atoms. The van der Waals surface area contributed by atoms with Gasteiger partial charge in [0.1, 0.15) is 25.0 Å². The molecule has 0 aliphatic heterocycles. The number of carbonyl (C=O) groups excluding carboxylic acids is 2. The molecular formula is C21H24N2O6S. The third-order valence-corrected chi connectivity index (χ3v) is 4.84. The normalized spacial score (nSPS) is 11.4. The van der Waals surface area contributed by atoms with Gasteiger partial charge in [-0.1, -0.05) is 24.3 Å². The maximum absolute atomic E-state index is 12.5. The molecule has 160 valence electrons. The second-order valence-corrected chi connectivity index (χ2v) is 7.38. The molecule has 0 aromatic heterocycles. The van der Waals surface area contributed by atoms with Gasteiger partial charge < -0.3 is 14.8 Å². The first-order valence-corrected chi connectivity index (χ1v) is 10.7. The summed E-state index contributed by atoms with van der Waals surface area (Å²) < 4.78 is 10.9. The molecule has 1 atom stereocenters. The number of hydrogen-bond acceptors (Lipinski definition) is 7. The van der Waals surface area contributed by atoms with E-state index in [1.165, 1.54) is 36.0 Å². The number of amides is 1. The molecule has 0 saturated heterocycles. The fraction of sp³-hybridized carbons (Fsp3) is 0.333. The van der Waals surface area contributed by atoms with E-state index in [9.17, 15) is 19.7 Å². The quantitative estimate of drug-likeness (QED) is 0.251. The Morgan fingerprint density at radius 1 is 1.17 bits per heavy atom. The van der Waals surface area contributed by atoms with E-state index in [2.05, 4.69) is 5.32 Å². The van der Waals surface area contributed by atoms with Crippen molar-refractivity contribution in [2.75, 3.05) is 25.2 Å². The van der Waals surface area contributed by atoms with Crippen LogP contribution in [0.25, 0.3) is 0 Å². The third kappa shape index (κ3) is 7.07. The fourth-order valence-corrected chi connectivity index (χ4v) is 3.07. The monoisotopic (exact) mass is 432 g/mol. The number of nitrogens with one attached hydrogen (secondary N) is 1. The fourth-order valence-electron chi connectivity index (χ4n) is 2.60. The molecule has 30 heavy (non-hydrogen) atoms. The van der Waals surface area contributed by atoms with Crippen LogP contribution in [0.1, 0.15) is 22.3 Å².